The summed E-state index contributed by atoms with van der Waals surface area (Å²) in [5.74, 6) is 1.16. The fourth-order valence-electron chi connectivity index (χ4n) is 2.87. The summed E-state index contributed by atoms with van der Waals surface area (Å²) >= 11 is 5.99. The van der Waals surface area contributed by atoms with E-state index in [4.69, 9.17) is 22.1 Å². The van der Waals surface area contributed by atoms with Crippen LogP contribution in [0.15, 0.2) is 53.5 Å². The Labute approximate surface area is 175 Å². The van der Waals surface area contributed by atoms with Gasteiger partial charge in [0.25, 0.3) is 0 Å². The number of aliphatic imine (C=N–C) groups is 1. The van der Waals surface area contributed by atoms with Crippen molar-refractivity contribution in [2.75, 3.05) is 13.2 Å². The van der Waals surface area contributed by atoms with Gasteiger partial charge < -0.3 is 20.9 Å². The molecule has 5 nitrogen and oxygen atoms in total. The second-order valence-corrected chi connectivity index (χ2v) is 6.79. The van der Waals surface area contributed by atoms with Gasteiger partial charge in [0, 0.05) is 17.0 Å². The van der Waals surface area contributed by atoms with E-state index in [-0.39, 0.29) is 36.6 Å². The van der Waals surface area contributed by atoms with Crippen LogP contribution in [0, 0.1) is 0 Å². The number of para-hydroxylation sites is 1. The van der Waals surface area contributed by atoms with Crippen LogP contribution in [0.25, 0.3) is 0 Å². The second kappa shape index (κ2) is 8.92. The largest absolute Gasteiger partial charge is 0.493 e. The first-order valence-corrected chi connectivity index (χ1v) is 8.60. The highest BCUT2D eigenvalue weighted by atomic mass is 127. The van der Waals surface area contributed by atoms with Crippen LogP contribution < -0.4 is 15.8 Å². The molecular formula is C19H23ClIN3O2. The first-order valence-electron chi connectivity index (χ1n) is 8.22. The third-order valence-corrected chi connectivity index (χ3v) is 4.52. The zero-order chi connectivity index (χ0) is 17.9. The molecule has 1 aliphatic heterocycles. The van der Waals surface area contributed by atoms with Crippen molar-refractivity contribution < 1.29 is 9.84 Å². The Bertz CT molecular complexity index is 783. The van der Waals surface area contributed by atoms with Gasteiger partial charge in [-0.15, -0.1) is 24.0 Å². The molecule has 3 rings (SSSR count). The third-order valence-electron chi connectivity index (χ3n) is 4.28. The molecule has 1 aliphatic rings. The number of nitrogens with two attached hydrogens (primary N) is 1. The molecule has 4 N–H and O–H groups in total. The van der Waals surface area contributed by atoms with Crippen LogP contribution in [0.2, 0.25) is 5.02 Å². The maximum atomic E-state index is 10.7. The summed E-state index contributed by atoms with van der Waals surface area (Å²) in [6, 6.07) is 15.0. The molecule has 0 aromatic heterocycles. The molecule has 0 fully saturated rings. The van der Waals surface area contributed by atoms with Gasteiger partial charge in [0.1, 0.15) is 11.4 Å². The van der Waals surface area contributed by atoms with Gasteiger partial charge in [0.15, 0.2) is 5.96 Å². The molecule has 2 aromatic carbocycles. The molecular weight excluding hydrogens is 465 g/mol. The maximum Gasteiger partial charge on any atom is 0.189 e. The predicted molar refractivity (Wildman–Crippen MR) is 115 cm³/mol. The number of ether oxygens (including phenoxy) is 1. The second-order valence-electron chi connectivity index (χ2n) is 6.36. The first kappa shape index (κ1) is 20.8. The summed E-state index contributed by atoms with van der Waals surface area (Å²) in [5.41, 5.74) is 6.65. The Morgan fingerprint density at radius 1 is 1.35 bits per heavy atom. The summed E-state index contributed by atoms with van der Waals surface area (Å²) in [4.78, 5) is 4.32. The quantitative estimate of drug-likeness (QED) is 0.350. The van der Waals surface area contributed by atoms with Crippen LogP contribution >= 0.6 is 35.6 Å². The molecule has 0 spiro atoms. The zero-order valence-electron chi connectivity index (χ0n) is 14.5. The molecule has 140 valence electrons. The summed E-state index contributed by atoms with van der Waals surface area (Å²) < 4.78 is 5.65. The molecule has 0 amide bonds. The van der Waals surface area contributed by atoms with Gasteiger partial charge in [0.05, 0.1) is 19.2 Å². The van der Waals surface area contributed by atoms with Gasteiger partial charge in [0.2, 0.25) is 0 Å². The van der Waals surface area contributed by atoms with Gasteiger partial charge in [-0.25, -0.2) is 0 Å². The lowest BCUT2D eigenvalue weighted by Crippen LogP contribution is -2.38. The van der Waals surface area contributed by atoms with Crippen molar-refractivity contribution >= 4 is 41.5 Å². The topological polar surface area (TPSA) is 79.9 Å². The lowest BCUT2D eigenvalue weighted by atomic mass is 9.96. The van der Waals surface area contributed by atoms with Crippen molar-refractivity contribution in [2.45, 2.75) is 25.0 Å². The lowest BCUT2D eigenvalue weighted by molar-refractivity contribution is 0.0673. The monoisotopic (exact) mass is 487 g/mol. The Morgan fingerprint density at radius 2 is 2.12 bits per heavy atom. The van der Waals surface area contributed by atoms with E-state index in [9.17, 15) is 5.11 Å². The number of aliphatic hydroxyl groups is 1. The van der Waals surface area contributed by atoms with E-state index in [1.807, 2.05) is 30.3 Å². The van der Waals surface area contributed by atoms with Crippen molar-refractivity contribution in [1.82, 2.24) is 5.32 Å². The Balaban J connectivity index is 0.00000243. The number of hydrogen-bond acceptors (Lipinski definition) is 3. The Kier molecular flexibility index (Phi) is 7.14. The summed E-state index contributed by atoms with van der Waals surface area (Å²) in [6.07, 6.45) is 0.803. The number of nitrogens with zero attached hydrogens (tertiary/aromatic N) is 1. The average molecular weight is 488 g/mol. The van der Waals surface area contributed by atoms with Gasteiger partial charge in [-0.1, -0.05) is 41.9 Å². The molecule has 0 saturated heterocycles. The van der Waals surface area contributed by atoms with Crippen molar-refractivity contribution in [1.29, 1.82) is 0 Å². The number of nitrogens with one attached hydrogen (secondary N) is 1. The van der Waals surface area contributed by atoms with Crippen LogP contribution in [0.3, 0.4) is 0 Å². The maximum absolute atomic E-state index is 10.7. The number of guanidine groups is 1. The van der Waals surface area contributed by atoms with E-state index < -0.39 is 5.60 Å². The van der Waals surface area contributed by atoms with Crippen molar-refractivity contribution in [3.63, 3.8) is 0 Å². The highest BCUT2D eigenvalue weighted by Crippen LogP contribution is 2.31. The van der Waals surface area contributed by atoms with E-state index >= 15 is 0 Å². The number of benzene rings is 2. The van der Waals surface area contributed by atoms with E-state index in [1.54, 1.807) is 25.1 Å². The van der Waals surface area contributed by atoms with Crippen LogP contribution in [0.1, 0.15) is 30.5 Å². The van der Waals surface area contributed by atoms with E-state index in [0.717, 1.165) is 17.7 Å². The summed E-state index contributed by atoms with van der Waals surface area (Å²) in [6.45, 7) is 2.46. The summed E-state index contributed by atoms with van der Waals surface area (Å²) in [5, 5.41) is 14.5. The zero-order valence-corrected chi connectivity index (χ0v) is 17.6. The van der Waals surface area contributed by atoms with E-state index in [1.165, 1.54) is 0 Å². The molecule has 0 aliphatic carbocycles. The van der Waals surface area contributed by atoms with Crippen LogP contribution in [-0.2, 0) is 5.60 Å². The molecule has 7 heteroatoms. The van der Waals surface area contributed by atoms with Crippen molar-refractivity contribution in [3.8, 4) is 5.75 Å². The summed E-state index contributed by atoms with van der Waals surface area (Å²) in [7, 11) is 0. The first-order chi connectivity index (χ1) is 12.0. The van der Waals surface area contributed by atoms with Crippen molar-refractivity contribution in [3.05, 3.63) is 64.7 Å². The van der Waals surface area contributed by atoms with E-state index in [0.29, 0.717) is 23.2 Å². The lowest BCUT2D eigenvalue weighted by Gasteiger charge is -2.27. The molecule has 2 aromatic rings. The molecule has 1 heterocycles. The minimum atomic E-state index is -1.15. The fraction of sp³-hybridized carbons (Fsp3) is 0.316. The van der Waals surface area contributed by atoms with Crippen LogP contribution in [0.4, 0.5) is 0 Å². The minimum absolute atomic E-state index is 0. The fourth-order valence-corrected chi connectivity index (χ4v) is 3.06. The number of hydrogen-bond donors (Lipinski definition) is 3. The third kappa shape index (κ3) is 5.02. The normalized spacial score (nSPS) is 18.7. The van der Waals surface area contributed by atoms with Gasteiger partial charge in [-0.05, 0) is 30.7 Å². The average Bonchev–Trinajstić information content (AvgIpc) is 2.60. The van der Waals surface area contributed by atoms with Crippen molar-refractivity contribution in [2.24, 2.45) is 10.7 Å². The molecule has 0 bridgehead atoms. The van der Waals surface area contributed by atoms with Gasteiger partial charge >= 0.3 is 0 Å². The molecule has 0 radical (unpaired) electrons. The SMILES string of the molecule is CC(O)(CN=C(N)NC1CCOc2ccccc21)c1cccc(Cl)c1.I. The van der Waals surface area contributed by atoms with Crippen LogP contribution in [-0.4, -0.2) is 24.2 Å². The Hall–Kier alpha value is -1.51. The molecule has 26 heavy (non-hydrogen) atoms. The highest BCUT2D eigenvalue weighted by Gasteiger charge is 2.24. The predicted octanol–water partition coefficient (Wildman–Crippen LogP) is 3.59. The van der Waals surface area contributed by atoms with Crippen LogP contribution in [0.5, 0.6) is 5.75 Å². The molecule has 2 unspecified atom stereocenters. The number of fused-ring (bicyclic) bond motifs is 1. The van der Waals surface area contributed by atoms with Gasteiger partial charge in [-0.2, -0.15) is 0 Å². The Morgan fingerprint density at radius 3 is 2.88 bits per heavy atom. The number of halogens is 2. The standard InChI is InChI=1S/C19H22ClN3O2.HI/c1-19(24,13-5-4-6-14(20)11-13)12-22-18(21)23-16-9-10-25-17-8-3-2-7-15(16)17;/h2-8,11,16,24H,9-10,12H2,1H3,(H3,21,22,23);1H. The highest BCUT2D eigenvalue weighted by molar-refractivity contribution is 14.0. The molecule has 0 saturated carbocycles. The van der Waals surface area contributed by atoms with E-state index in [2.05, 4.69) is 10.3 Å². The van der Waals surface area contributed by atoms with Gasteiger partial charge in [-0.3, -0.25) is 4.99 Å². The number of rotatable bonds is 4. The minimum Gasteiger partial charge on any atom is -0.493 e. The smallest absolute Gasteiger partial charge is 0.189 e. The molecule has 2 atom stereocenters.